The molecule has 0 bridgehead atoms. The van der Waals surface area contributed by atoms with Crippen LogP contribution in [-0.2, 0) is 27.3 Å². The van der Waals surface area contributed by atoms with E-state index in [1.54, 1.807) is 0 Å². The van der Waals surface area contributed by atoms with Crippen LogP contribution in [0.2, 0.25) is 0 Å². The van der Waals surface area contributed by atoms with Gasteiger partial charge in [-0.3, -0.25) is 4.79 Å². The van der Waals surface area contributed by atoms with Crippen LogP contribution in [0, 0.1) is 0 Å². The van der Waals surface area contributed by atoms with Crippen LogP contribution in [-0.4, -0.2) is 35.9 Å². The number of hydrogen-bond donors (Lipinski definition) is 1. The topological polar surface area (TPSA) is 86.5 Å². The van der Waals surface area contributed by atoms with Gasteiger partial charge in [0.15, 0.2) is 5.82 Å². The molecule has 7 heteroatoms. The van der Waals surface area contributed by atoms with Crippen LogP contribution in [0.25, 0.3) is 0 Å². The monoisotopic (exact) mass is 375 g/mol. The van der Waals surface area contributed by atoms with Crippen molar-refractivity contribution >= 4 is 11.6 Å². The Morgan fingerprint density at radius 3 is 2.81 bits per heavy atom. The number of carbonyl (C=O) groups is 1. The molecule has 0 radical (unpaired) electrons. The third-order valence-corrected chi connectivity index (χ3v) is 3.85. The summed E-state index contributed by atoms with van der Waals surface area (Å²) in [4.78, 5) is 16.5. The number of carbonyl (C=O) groups excluding carboxylic acids is 1. The van der Waals surface area contributed by atoms with Gasteiger partial charge in [0.1, 0.15) is 0 Å². The van der Waals surface area contributed by atoms with Gasteiger partial charge in [0.25, 0.3) is 0 Å². The SMILES string of the molecule is CCOCCOCc1cccc(NC(=O)CCCc2nc(C(C)C)no2)c1. The Balaban J connectivity index is 1.70. The van der Waals surface area contributed by atoms with Gasteiger partial charge >= 0.3 is 0 Å². The summed E-state index contributed by atoms with van der Waals surface area (Å²) in [6.45, 7) is 8.31. The molecule has 0 saturated carbocycles. The van der Waals surface area contributed by atoms with E-state index in [1.165, 1.54) is 0 Å². The van der Waals surface area contributed by atoms with Crippen molar-refractivity contribution in [1.82, 2.24) is 10.1 Å². The highest BCUT2D eigenvalue weighted by atomic mass is 16.5. The van der Waals surface area contributed by atoms with Crippen LogP contribution < -0.4 is 5.32 Å². The minimum Gasteiger partial charge on any atom is -0.379 e. The fourth-order valence-corrected chi connectivity index (χ4v) is 2.42. The molecule has 0 aliphatic rings. The molecule has 1 aromatic carbocycles. The number of aromatic nitrogens is 2. The minimum atomic E-state index is -0.0342. The maximum Gasteiger partial charge on any atom is 0.226 e. The standard InChI is InChI=1S/C20H29N3O4/c1-4-25-11-12-26-14-16-7-5-8-17(13-16)21-18(24)9-6-10-19-22-20(15(2)3)23-27-19/h5,7-8,13,15H,4,6,9-12,14H2,1-3H3,(H,21,24). The highest BCUT2D eigenvalue weighted by Crippen LogP contribution is 2.14. The second kappa shape index (κ2) is 11.5. The Bertz CT molecular complexity index is 700. The Morgan fingerprint density at radius 2 is 2.07 bits per heavy atom. The van der Waals surface area contributed by atoms with Gasteiger partial charge in [-0.05, 0) is 31.0 Å². The molecule has 0 atom stereocenters. The van der Waals surface area contributed by atoms with Crippen molar-refractivity contribution in [2.75, 3.05) is 25.1 Å². The average Bonchev–Trinajstić information content (AvgIpc) is 3.11. The van der Waals surface area contributed by atoms with E-state index in [2.05, 4.69) is 15.5 Å². The second-order valence-electron chi connectivity index (χ2n) is 6.55. The lowest BCUT2D eigenvalue weighted by Crippen LogP contribution is -2.12. The van der Waals surface area contributed by atoms with Crippen molar-refractivity contribution in [2.45, 2.75) is 52.6 Å². The number of amides is 1. The highest BCUT2D eigenvalue weighted by Gasteiger charge is 2.10. The molecule has 2 aromatic rings. The van der Waals surface area contributed by atoms with E-state index in [0.29, 0.717) is 57.4 Å². The summed E-state index contributed by atoms with van der Waals surface area (Å²) < 4.78 is 16.0. The van der Waals surface area contributed by atoms with Crippen LogP contribution in [0.3, 0.4) is 0 Å². The number of rotatable bonds is 12. The van der Waals surface area contributed by atoms with Gasteiger partial charge in [-0.25, -0.2) is 0 Å². The Kier molecular flexibility index (Phi) is 8.94. The van der Waals surface area contributed by atoms with E-state index in [0.717, 1.165) is 11.3 Å². The maximum atomic E-state index is 12.1. The summed E-state index contributed by atoms with van der Waals surface area (Å²) in [5, 5.41) is 6.84. The summed E-state index contributed by atoms with van der Waals surface area (Å²) in [5.41, 5.74) is 1.78. The first-order valence-electron chi connectivity index (χ1n) is 9.45. The number of anilines is 1. The molecule has 0 fully saturated rings. The number of aryl methyl sites for hydroxylation is 1. The van der Waals surface area contributed by atoms with E-state index in [9.17, 15) is 4.79 Å². The molecule has 0 spiro atoms. The maximum absolute atomic E-state index is 12.1. The van der Waals surface area contributed by atoms with E-state index in [1.807, 2.05) is 45.0 Å². The van der Waals surface area contributed by atoms with Crippen molar-refractivity contribution in [3.63, 3.8) is 0 Å². The van der Waals surface area contributed by atoms with Crippen LogP contribution in [0.1, 0.15) is 56.8 Å². The van der Waals surface area contributed by atoms with Crippen molar-refractivity contribution in [2.24, 2.45) is 0 Å². The molecule has 148 valence electrons. The van der Waals surface area contributed by atoms with Crippen LogP contribution in [0.5, 0.6) is 0 Å². The molecule has 0 aliphatic heterocycles. The van der Waals surface area contributed by atoms with Crippen LogP contribution >= 0.6 is 0 Å². The average molecular weight is 375 g/mol. The quantitative estimate of drug-likeness (QED) is 0.569. The van der Waals surface area contributed by atoms with Gasteiger partial charge < -0.3 is 19.3 Å². The van der Waals surface area contributed by atoms with Gasteiger partial charge in [0, 0.05) is 31.1 Å². The van der Waals surface area contributed by atoms with E-state index in [-0.39, 0.29) is 11.8 Å². The van der Waals surface area contributed by atoms with E-state index >= 15 is 0 Å². The molecule has 0 aliphatic carbocycles. The van der Waals surface area contributed by atoms with Crippen LogP contribution in [0.15, 0.2) is 28.8 Å². The number of nitrogens with zero attached hydrogens (tertiary/aromatic N) is 2. The van der Waals surface area contributed by atoms with Crippen molar-refractivity contribution < 1.29 is 18.8 Å². The highest BCUT2D eigenvalue weighted by molar-refractivity contribution is 5.90. The minimum absolute atomic E-state index is 0.0342. The van der Waals surface area contributed by atoms with Crippen molar-refractivity contribution in [3.05, 3.63) is 41.5 Å². The summed E-state index contributed by atoms with van der Waals surface area (Å²) in [5.74, 6) is 1.49. The lowest BCUT2D eigenvalue weighted by Gasteiger charge is -2.08. The Labute approximate surface area is 160 Å². The molecule has 27 heavy (non-hydrogen) atoms. The number of nitrogens with one attached hydrogen (secondary N) is 1. The van der Waals surface area contributed by atoms with Crippen LogP contribution in [0.4, 0.5) is 5.69 Å². The predicted octanol–water partition coefficient (Wildman–Crippen LogP) is 3.71. The Hall–Kier alpha value is -2.25. The molecule has 0 saturated heterocycles. The molecule has 2 rings (SSSR count). The summed E-state index contributed by atoms with van der Waals surface area (Å²) in [7, 11) is 0. The first-order chi connectivity index (χ1) is 13.1. The second-order valence-corrected chi connectivity index (χ2v) is 6.55. The van der Waals surface area contributed by atoms with E-state index < -0.39 is 0 Å². The fraction of sp³-hybridized carbons (Fsp3) is 0.550. The molecular formula is C20H29N3O4. The number of hydrogen-bond acceptors (Lipinski definition) is 6. The fourth-order valence-electron chi connectivity index (χ4n) is 2.42. The molecule has 1 heterocycles. The zero-order chi connectivity index (χ0) is 19.5. The van der Waals surface area contributed by atoms with E-state index in [4.69, 9.17) is 14.0 Å². The Morgan fingerprint density at radius 1 is 1.26 bits per heavy atom. The first-order valence-corrected chi connectivity index (χ1v) is 9.45. The molecule has 1 N–H and O–H groups in total. The third kappa shape index (κ3) is 7.88. The molecular weight excluding hydrogens is 346 g/mol. The van der Waals surface area contributed by atoms with Gasteiger partial charge in [-0.1, -0.05) is 31.1 Å². The van der Waals surface area contributed by atoms with Crippen molar-refractivity contribution in [3.8, 4) is 0 Å². The number of benzene rings is 1. The van der Waals surface area contributed by atoms with Gasteiger partial charge in [-0.2, -0.15) is 4.98 Å². The molecule has 1 amide bonds. The summed E-state index contributed by atoms with van der Waals surface area (Å²) in [6.07, 6.45) is 1.65. The molecule has 1 aromatic heterocycles. The third-order valence-electron chi connectivity index (χ3n) is 3.85. The van der Waals surface area contributed by atoms with Gasteiger partial charge in [0.05, 0.1) is 19.8 Å². The zero-order valence-electron chi connectivity index (χ0n) is 16.4. The van der Waals surface area contributed by atoms with Gasteiger partial charge in [0.2, 0.25) is 11.8 Å². The molecule has 0 unspecified atom stereocenters. The lowest BCUT2D eigenvalue weighted by atomic mass is 10.2. The van der Waals surface area contributed by atoms with Crippen molar-refractivity contribution in [1.29, 1.82) is 0 Å². The summed E-state index contributed by atoms with van der Waals surface area (Å²) in [6, 6.07) is 7.67. The lowest BCUT2D eigenvalue weighted by molar-refractivity contribution is -0.116. The first kappa shape index (κ1) is 21.1. The number of ether oxygens (including phenoxy) is 2. The predicted molar refractivity (Wildman–Crippen MR) is 103 cm³/mol. The normalized spacial score (nSPS) is 11.1. The smallest absolute Gasteiger partial charge is 0.226 e. The summed E-state index contributed by atoms with van der Waals surface area (Å²) >= 11 is 0. The molecule has 7 nitrogen and oxygen atoms in total. The largest absolute Gasteiger partial charge is 0.379 e. The zero-order valence-corrected chi connectivity index (χ0v) is 16.4. The van der Waals surface area contributed by atoms with Gasteiger partial charge in [-0.15, -0.1) is 0 Å².